The second-order valence-electron chi connectivity index (χ2n) is 4.82. The summed E-state index contributed by atoms with van der Waals surface area (Å²) in [6, 6.07) is 8.40. The van der Waals surface area contributed by atoms with E-state index < -0.39 is 0 Å². The van der Waals surface area contributed by atoms with Gasteiger partial charge in [-0.1, -0.05) is 6.92 Å². The molecular weight excluding hydrogens is 222 g/mol. The van der Waals surface area contributed by atoms with Crippen molar-refractivity contribution in [1.29, 1.82) is 5.26 Å². The summed E-state index contributed by atoms with van der Waals surface area (Å²) in [6.45, 7) is 5.21. The first-order valence-electron chi connectivity index (χ1n) is 6.87. The summed E-state index contributed by atoms with van der Waals surface area (Å²) in [4.78, 5) is 4.18. The summed E-state index contributed by atoms with van der Waals surface area (Å²) >= 11 is 0. The van der Waals surface area contributed by atoms with Crippen molar-refractivity contribution in [2.45, 2.75) is 32.6 Å². The lowest BCUT2D eigenvalue weighted by Crippen LogP contribution is -2.29. The van der Waals surface area contributed by atoms with Gasteiger partial charge in [0.1, 0.15) is 0 Å². The average molecular weight is 243 g/mol. The van der Waals surface area contributed by atoms with Crippen molar-refractivity contribution >= 4 is 11.4 Å². The number of anilines is 2. The Balaban J connectivity index is 2.06. The van der Waals surface area contributed by atoms with Crippen molar-refractivity contribution in [1.82, 2.24) is 0 Å². The Hall–Kier alpha value is -1.69. The molecule has 18 heavy (non-hydrogen) atoms. The van der Waals surface area contributed by atoms with Gasteiger partial charge < -0.3 is 4.90 Å². The van der Waals surface area contributed by atoms with Crippen LogP contribution in [0.2, 0.25) is 0 Å². The highest BCUT2D eigenvalue weighted by molar-refractivity contribution is 5.58. The lowest BCUT2D eigenvalue weighted by Gasteiger charge is -2.29. The Kier molecular flexibility index (Phi) is 4.46. The van der Waals surface area contributed by atoms with Crippen LogP contribution >= 0.6 is 0 Å². The van der Waals surface area contributed by atoms with Crippen LogP contribution in [0.3, 0.4) is 0 Å². The molecule has 1 saturated heterocycles. The molecule has 2 rings (SSSR count). The summed E-state index contributed by atoms with van der Waals surface area (Å²) < 4.78 is 0. The molecule has 1 heterocycles. The molecule has 3 nitrogen and oxygen atoms in total. The van der Waals surface area contributed by atoms with E-state index in [1.807, 2.05) is 0 Å². The van der Waals surface area contributed by atoms with E-state index in [9.17, 15) is 0 Å². The van der Waals surface area contributed by atoms with Crippen LogP contribution < -0.4 is 9.80 Å². The van der Waals surface area contributed by atoms with Gasteiger partial charge in [-0.3, -0.25) is 4.90 Å². The molecule has 0 saturated carbocycles. The first-order valence-corrected chi connectivity index (χ1v) is 6.87. The molecule has 0 amide bonds. The fraction of sp³-hybridized carbons (Fsp3) is 0.533. The molecule has 3 heteroatoms. The van der Waals surface area contributed by atoms with Crippen LogP contribution in [-0.2, 0) is 0 Å². The van der Waals surface area contributed by atoms with Crippen molar-refractivity contribution in [2.24, 2.45) is 0 Å². The van der Waals surface area contributed by atoms with Crippen molar-refractivity contribution < 1.29 is 0 Å². The number of hydrogen-bond acceptors (Lipinski definition) is 3. The van der Waals surface area contributed by atoms with Crippen LogP contribution in [0.15, 0.2) is 24.3 Å². The Morgan fingerprint density at radius 3 is 2.39 bits per heavy atom. The molecule has 0 spiro atoms. The predicted molar refractivity (Wildman–Crippen MR) is 75.8 cm³/mol. The normalized spacial score (nSPS) is 15.2. The maximum Gasteiger partial charge on any atom is 0.184 e. The van der Waals surface area contributed by atoms with Crippen molar-refractivity contribution in [3.8, 4) is 6.19 Å². The van der Waals surface area contributed by atoms with Gasteiger partial charge in [-0.25, -0.2) is 0 Å². The SMILES string of the molecule is CCCN(C#N)c1ccc(N2CCCCC2)cc1. The third-order valence-corrected chi connectivity index (χ3v) is 3.45. The second kappa shape index (κ2) is 6.30. The van der Waals surface area contributed by atoms with Crippen LogP contribution in [-0.4, -0.2) is 19.6 Å². The first kappa shape index (κ1) is 12.8. The summed E-state index contributed by atoms with van der Waals surface area (Å²) in [5.74, 6) is 0. The smallest absolute Gasteiger partial charge is 0.184 e. The van der Waals surface area contributed by atoms with Gasteiger partial charge >= 0.3 is 0 Å². The van der Waals surface area contributed by atoms with Crippen LogP contribution in [0.5, 0.6) is 0 Å². The van der Waals surface area contributed by atoms with E-state index in [-0.39, 0.29) is 0 Å². The fourth-order valence-electron chi connectivity index (χ4n) is 2.46. The molecular formula is C15H21N3. The third kappa shape index (κ3) is 2.95. The molecule has 0 radical (unpaired) electrons. The molecule has 1 aliphatic rings. The van der Waals surface area contributed by atoms with Crippen LogP contribution in [0.4, 0.5) is 11.4 Å². The van der Waals surface area contributed by atoms with Crippen LogP contribution in [0.25, 0.3) is 0 Å². The zero-order valence-corrected chi connectivity index (χ0v) is 11.1. The van der Waals surface area contributed by atoms with E-state index in [0.29, 0.717) is 0 Å². The minimum Gasteiger partial charge on any atom is -0.372 e. The fourth-order valence-corrected chi connectivity index (χ4v) is 2.46. The van der Waals surface area contributed by atoms with E-state index in [4.69, 9.17) is 5.26 Å². The lowest BCUT2D eigenvalue weighted by molar-refractivity contribution is 0.578. The second-order valence-corrected chi connectivity index (χ2v) is 4.82. The average Bonchev–Trinajstić information content (AvgIpc) is 2.46. The maximum atomic E-state index is 9.09. The molecule has 1 fully saturated rings. The number of hydrogen-bond donors (Lipinski definition) is 0. The van der Waals surface area contributed by atoms with Crippen LogP contribution in [0, 0.1) is 11.5 Å². The van der Waals surface area contributed by atoms with E-state index in [2.05, 4.69) is 42.3 Å². The topological polar surface area (TPSA) is 30.3 Å². The molecule has 0 unspecified atom stereocenters. The van der Waals surface area contributed by atoms with Gasteiger partial charge in [0.15, 0.2) is 6.19 Å². The number of nitrogens with zero attached hydrogens (tertiary/aromatic N) is 3. The molecule has 0 bridgehead atoms. The number of piperidine rings is 1. The number of benzene rings is 1. The van der Waals surface area contributed by atoms with Gasteiger partial charge in [0.2, 0.25) is 0 Å². The summed E-state index contributed by atoms with van der Waals surface area (Å²) in [6.07, 6.45) is 7.17. The van der Waals surface area contributed by atoms with Gasteiger partial charge in [0.25, 0.3) is 0 Å². The quantitative estimate of drug-likeness (QED) is 0.600. The van der Waals surface area contributed by atoms with Crippen molar-refractivity contribution in [3.05, 3.63) is 24.3 Å². The summed E-state index contributed by atoms with van der Waals surface area (Å²) in [5.41, 5.74) is 2.29. The minimum absolute atomic E-state index is 0.791. The molecule has 1 aliphatic heterocycles. The Morgan fingerprint density at radius 1 is 1.17 bits per heavy atom. The monoisotopic (exact) mass is 243 g/mol. The summed E-state index contributed by atoms with van der Waals surface area (Å²) in [5, 5.41) is 9.09. The largest absolute Gasteiger partial charge is 0.372 e. The third-order valence-electron chi connectivity index (χ3n) is 3.45. The lowest BCUT2D eigenvalue weighted by atomic mass is 10.1. The highest BCUT2D eigenvalue weighted by Crippen LogP contribution is 2.23. The van der Waals surface area contributed by atoms with Crippen molar-refractivity contribution in [3.63, 3.8) is 0 Å². The van der Waals surface area contributed by atoms with Gasteiger partial charge in [-0.2, -0.15) is 5.26 Å². The number of rotatable bonds is 4. The maximum absolute atomic E-state index is 9.09. The van der Waals surface area contributed by atoms with Crippen LogP contribution in [0.1, 0.15) is 32.6 Å². The standard InChI is InChI=1S/C15H21N3/c1-2-10-18(13-16)15-8-6-14(7-9-15)17-11-4-3-5-12-17/h6-9H,2-5,10-12H2,1H3. The summed E-state index contributed by atoms with van der Waals surface area (Å²) in [7, 11) is 0. The molecule has 1 aromatic carbocycles. The minimum atomic E-state index is 0.791. The molecule has 0 N–H and O–H groups in total. The van der Waals surface area contributed by atoms with E-state index >= 15 is 0 Å². The molecule has 0 atom stereocenters. The van der Waals surface area contributed by atoms with Crippen molar-refractivity contribution in [2.75, 3.05) is 29.4 Å². The zero-order chi connectivity index (χ0) is 12.8. The van der Waals surface area contributed by atoms with E-state index in [0.717, 1.165) is 31.7 Å². The van der Waals surface area contributed by atoms with Gasteiger partial charge in [0.05, 0.1) is 5.69 Å². The first-order chi connectivity index (χ1) is 8.85. The molecule has 96 valence electrons. The molecule has 0 aliphatic carbocycles. The van der Waals surface area contributed by atoms with Gasteiger partial charge in [0, 0.05) is 25.3 Å². The molecule has 1 aromatic rings. The Bertz CT molecular complexity index is 399. The Morgan fingerprint density at radius 2 is 1.83 bits per heavy atom. The predicted octanol–water partition coefficient (Wildman–Crippen LogP) is 3.37. The molecule has 0 aromatic heterocycles. The van der Waals surface area contributed by atoms with E-state index in [1.54, 1.807) is 4.90 Å². The van der Waals surface area contributed by atoms with Gasteiger partial charge in [-0.05, 0) is 49.9 Å². The zero-order valence-electron chi connectivity index (χ0n) is 11.1. The highest BCUT2D eigenvalue weighted by Gasteiger charge is 2.11. The van der Waals surface area contributed by atoms with E-state index in [1.165, 1.54) is 24.9 Å². The number of nitriles is 1. The highest BCUT2D eigenvalue weighted by atomic mass is 15.1. The van der Waals surface area contributed by atoms with Gasteiger partial charge in [-0.15, -0.1) is 0 Å². The Labute approximate surface area is 110 Å².